The summed E-state index contributed by atoms with van der Waals surface area (Å²) < 4.78 is 17.2. The van der Waals surface area contributed by atoms with Crippen molar-refractivity contribution in [3.05, 3.63) is 89.5 Å². The Morgan fingerprint density at radius 3 is 2.69 bits per heavy atom. The summed E-state index contributed by atoms with van der Waals surface area (Å²) in [5, 5.41) is 0. The molecule has 1 aliphatic carbocycles. The number of hydrogen-bond acceptors (Lipinski definition) is 4. The number of fused-ring (bicyclic) bond motifs is 5. The molecule has 2 atom stereocenters. The van der Waals surface area contributed by atoms with Gasteiger partial charge in [0, 0.05) is 31.6 Å². The maximum absolute atomic E-state index is 6.33. The first kappa shape index (κ1) is 16.9. The van der Waals surface area contributed by atoms with Crippen LogP contribution in [-0.4, -0.2) is 31.4 Å². The SMILES string of the molecule is c1ccc(CN2C[C@H]3c4ccccc4[C@@]3(COc3ccc4c(c3)OCO4)C2)cc1. The molecule has 0 N–H and O–H groups in total. The lowest BCUT2D eigenvalue weighted by atomic mass is 9.58. The summed E-state index contributed by atoms with van der Waals surface area (Å²) in [7, 11) is 0. The van der Waals surface area contributed by atoms with Crippen LogP contribution in [0.25, 0.3) is 0 Å². The van der Waals surface area contributed by atoms with Crippen molar-refractivity contribution in [1.82, 2.24) is 4.90 Å². The van der Waals surface area contributed by atoms with Crippen molar-refractivity contribution in [1.29, 1.82) is 0 Å². The Morgan fingerprint density at radius 2 is 1.76 bits per heavy atom. The molecule has 0 aromatic heterocycles. The summed E-state index contributed by atoms with van der Waals surface area (Å²) in [6.45, 7) is 4.05. The summed E-state index contributed by atoms with van der Waals surface area (Å²) in [5.41, 5.74) is 4.35. The van der Waals surface area contributed by atoms with E-state index in [0.717, 1.165) is 36.9 Å². The molecule has 0 amide bonds. The molecule has 3 aliphatic rings. The van der Waals surface area contributed by atoms with Gasteiger partial charge in [0.25, 0.3) is 0 Å². The molecule has 2 heterocycles. The lowest BCUT2D eigenvalue weighted by Gasteiger charge is -2.46. The monoisotopic (exact) mass is 385 g/mol. The van der Waals surface area contributed by atoms with Crippen molar-refractivity contribution in [3.8, 4) is 17.2 Å². The lowest BCUT2D eigenvalue weighted by molar-refractivity contribution is 0.172. The summed E-state index contributed by atoms with van der Waals surface area (Å²) in [6, 6.07) is 25.4. The summed E-state index contributed by atoms with van der Waals surface area (Å²) in [4.78, 5) is 2.57. The number of hydrogen-bond donors (Lipinski definition) is 0. The molecule has 4 heteroatoms. The van der Waals surface area contributed by atoms with Gasteiger partial charge in [-0.15, -0.1) is 0 Å². The Labute approximate surface area is 170 Å². The zero-order chi connectivity index (χ0) is 19.3. The van der Waals surface area contributed by atoms with E-state index in [9.17, 15) is 0 Å². The van der Waals surface area contributed by atoms with Gasteiger partial charge in [0.2, 0.25) is 6.79 Å². The Balaban J connectivity index is 1.25. The largest absolute Gasteiger partial charge is 0.492 e. The number of ether oxygens (including phenoxy) is 3. The highest BCUT2D eigenvalue weighted by molar-refractivity contribution is 5.53. The van der Waals surface area contributed by atoms with Crippen molar-refractivity contribution < 1.29 is 14.2 Å². The molecule has 0 radical (unpaired) electrons. The van der Waals surface area contributed by atoms with Gasteiger partial charge >= 0.3 is 0 Å². The van der Waals surface area contributed by atoms with Crippen LogP contribution < -0.4 is 14.2 Å². The lowest BCUT2D eigenvalue weighted by Crippen LogP contribution is -2.48. The van der Waals surface area contributed by atoms with Crippen molar-refractivity contribution in [2.24, 2.45) is 0 Å². The van der Waals surface area contributed by atoms with E-state index in [2.05, 4.69) is 59.5 Å². The fourth-order valence-electron chi connectivity index (χ4n) is 5.22. The molecule has 0 saturated carbocycles. The highest BCUT2D eigenvalue weighted by Gasteiger charge is 2.57. The topological polar surface area (TPSA) is 30.9 Å². The van der Waals surface area contributed by atoms with Crippen LogP contribution in [0.1, 0.15) is 22.6 Å². The molecular weight excluding hydrogens is 362 g/mol. The van der Waals surface area contributed by atoms with Crippen LogP contribution in [0, 0.1) is 0 Å². The number of nitrogens with zero attached hydrogens (tertiary/aromatic N) is 1. The van der Waals surface area contributed by atoms with Gasteiger partial charge in [0.05, 0.1) is 12.0 Å². The molecule has 4 nitrogen and oxygen atoms in total. The maximum atomic E-state index is 6.33. The minimum atomic E-state index is 0.0573. The molecule has 3 aromatic carbocycles. The molecule has 0 unspecified atom stereocenters. The van der Waals surface area contributed by atoms with Crippen molar-refractivity contribution in [2.45, 2.75) is 17.9 Å². The average molecular weight is 385 g/mol. The van der Waals surface area contributed by atoms with E-state index < -0.39 is 0 Å². The Kier molecular flexibility index (Phi) is 3.81. The number of rotatable bonds is 5. The summed E-state index contributed by atoms with van der Waals surface area (Å²) in [5.74, 6) is 2.92. The normalized spacial score (nSPS) is 23.9. The van der Waals surface area contributed by atoms with Crippen LogP contribution >= 0.6 is 0 Å². The van der Waals surface area contributed by atoms with Gasteiger partial charge < -0.3 is 14.2 Å². The molecular formula is C25H23NO3. The third-order valence-electron chi connectivity index (χ3n) is 6.58. The van der Waals surface area contributed by atoms with Gasteiger partial charge in [-0.2, -0.15) is 0 Å². The van der Waals surface area contributed by atoms with Crippen LogP contribution in [0.15, 0.2) is 72.8 Å². The van der Waals surface area contributed by atoms with E-state index in [0.29, 0.717) is 12.5 Å². The third-order valence-corrected chi connectivity index (χ3v) is 6.58. The maximum Gasteiger partial charge on any atom is 0.231 e. The smallest absolute Gasteiger partial charge is 0.231 e. The predicted octanol–water partition coefficient (Wildman–Crippen LogP) is 4.35. The second-order valence-electron chi connectivity index (χ2n) is 8.25. The molecule has 146 valence electrons. The molecule has 1 fully saturated rings. The second-order valence-corrected chi connectivity index (χ2v) is 8.25. The van der Waals surface area contributed by atoms with E-state index in [4.69, 9.17) is 14.2 Å². The molecule has 0 bridgehead atoms. The number of benzene rings is 3. The highest BCUT2D eigenvalue weighted by Crippen LogP contribution is 2.56. The van der Waals surface area contributed by atoms with Crippen LogP contribution in [0.5, 0.6) is 17.2 Å². The van der Waals surface area contributed by atoms with E-state index in [-0.39, 0.29) is 12.2 Å². The van der Waals surface area contributed by atoms with Crippen LogP contribution in [-0.2, 0) is 12.0 Å². The first-order chi connectivity index (χ1) is 14.3. The molecule has 2 aliphatic heterocycles. The van der Waals surface area contributed by atoms with E-state index >= 15 is 0 Å². The zero-order valence-electron chi connectivity index (χ0n) is 16.2. The molecule has 1 saturated heterocycles. The first-order valence-corrected chi connectivity index (χ1v) is 10.2. The predicted molar refractivity (Wildman–Crippen MR) is 111 cm³/mol. The highest BCUT2D eigenvalue weighted by atomic mass is 16.7. The van der Waals surface area contributed by atoms with E-state index in [1.54, 1.807) is 0 Å². The first-order valence-electron chi connectivity index (χ1n) is 10.2. The molecule has 29 heavy (non-hydrogen) atoms. The van der Waals surface area contributed by atoms with Crippen LogP contribution in [0.2, 0.25) is 0 Å². The molecule has 6 rings (SSSR count). The fourth-order valence-corrected chi connectivity index (χ4v) is 5.22. The quantitative estimate of drug-likeness (QED) is 0.654. The second kappa shape index (κ2) is 6.53. The zero-order valence-corrected chi connectivity index (χ0v) is 16.2. The van der Waals surface area contributed by atoms with Crippen LogP contribution in [0.4, 0.5) is 0 Å². The Bertz CT molecular complexity index is 1050. The Morgan fingerprint density at radius 1 is 0.931 bits per heavy atom. The molecule has 0 spiro atoms. The van der Waals surface area contributed by atoms with Crippen LogP contribution in [0.3, 0.4) is 0 Å². The minimum Gasteiger partial charge on any atom is -0.492 e. The summed E-state index contributed by atoms with van der Waals surface area (Å²) in [6.07, 6.45) is 0. The van der Waals surface area contributed by atoms with Crippen molar-refractivity contribution in [3.63, 3.8) is 0 Å². The van der Waals surface area contributed by atoms with Crippen molar-refractivity contribution >= 4 is 0 Å². The van der Waals surface area contributed by atoms with Gasteiger partial charge in [-0.05, 0) is 28.8 Å². The third kappa shape index (κ3) is 2.70. The molecule has 3 aromatic rings. The van der Waals surface area contributed by atoms with Gasteiger partial charge in [-0.1, -0.05) is 54.6 Å². The van der Waals surface area contributed by atoms with Gasteiger partial charge in [0.15, 0.2) is 11.5 Å². The van der Waals surface area contributed by atoms with Crippen molar-refractivity contribution in [2.75, 3.05) is 26.5 Å². The van der Waals surface area contributed by atoms with Gasteiger partial charge in [0.1, 0.15) is 5.75 Å². The Hall–Kier alpha value is -2.98. The van der Waals surface area contributed by atoms with Gasteiger partial charge in [-0.25, -0.2) is 0 Å². The minimum absolute atomic E-state index is 0.0573. The summed E-state index contributed by atoms with van der Waals surface area (Å²) >= 11 is 0. The number of likely N-dealkylation sites (tertiary alicyclic amines) is 1. The standard InChI is InChI=1S/C25H23NO3/c1-2-6-18(7-3-1)13-26-14-22-20-8-4-5-9-21(20)25(22,15-26)16-27-19-10-11-23-24(12-19)29-17-28-23/h1-12,22H,13-17H2/t22-,25-/m0/s1. The fraction of sp³-hybridized carbons (Fsp3) is 0.280. The average Bonchev–Trinajstić information content (AvgIpc) is 3.34. The van der Waals surface area contributed by atoms with E-state index in [1.165, 1.54) is 16.7 Å². The van der Waals surface area contributed by atoms with Gasteiger partial charge in [-0.3, -0.25) is 4.90 Å². The van der Waals surface area contributed by atoms with E-state index in [1.807, 2.05) is 18.2 Å².